The molecule has 4 nitrogen and oxygen atoms in total. The summed E-state index contributed by atoms with van der Waals surface area (Å²) in [6.07, 6.45) is 4.42. The zero-order valence-corrected chi connectivity index (χ0v) is 15.1. The third-order valence-electron chi connectivity index (χ3n) is 5.49. The zero-order valence-electron chi connectivity index (χ0n) is 14.2. The highest BCUT2D eigenvalue weighted by atomic mass is 32.1. The monoisotopic (exact) mass is 359 g/mol. The lowest BCUT2D eigenvalue weighted by molar-refractivity contribution is 0.0660. The van der Waals surface area contributed by atoms with Gasteiger partial charge in [0, 0.05) is 18.6 Å². The van der Waals surface area contributed by atoms with E-state index >= 15 is 0 Å². The van der Waals surface area contributed by atoms with E-state index in [1.54, 1.807) is 12.1 Å². The number of rotatable bonds is 3. The number of fused-ring (bicyclic) bond motifs is 1. The summed E-state index contributed by atoms with van der Waals surface area (Å²) < 4.78 is 13.3. The van der Waals surface area contributed by atoms with Crippen LogP contribution in [0, 0.1) is 18.7 Å². The van der Waals surface area contributed by atoms with Crippen molar-refractivity contribution in [3.63, 3.8) is 0 Å². The maximum atomic E-state index is 13.4. The summed E-state index contributed by atoms with van der Waals surface area (Å²) in [4.78, 5) is 20.7. The van der Waals surface area contributed by atoms with E-state index in [-0.39, 0.29) is 17.8 Å². The molecule has 132 valence electrons. The Hall–Kier alpha value is -1.79. The number of carbonyl (C=O) groups is 1. The second-order valence-electron chi connectivity index (χ2n) is 7.01. The molecule has 6 heteroatoms. The Kier molecular flexibility index (Phi) is 4.33. The number of hydrogen-bond donors (Lipinski definition) is 1. The smallest absolute Gasteiger partial charge is 0.274 e. The second kappa shape index (κ2) is 6.50. The van der Waals surface area contributed by atoms with Crippen molar-refractivity contribution in [2.75, 3.05) is 6.54 Å². The molecule has 25 heavy (non-hydrogen) atoms. The minimum Gasteiger partial charge on any atom is -0.330 e. The molecule has 2 aliphatic rings. The minimum absolute atomic E-state index is 0.0199. The van der Waals surface area contributed by atoms with Crippen LogP contribution in [0.3, 0.4) is 0 Å². The summed E-state index contributed by atoms with van der Waals surface area (Å²) in [5, 5.41) is 0.842. The van der Waals surface area contributed by atoms with E-state index in [0.717, 1.165) is 28.3 Å². The Balaban J connectivity index is 1.72. The maximum Gasteiger partial charge on any atom is 0.274 e. The highest BCUT2D eigenvalue weighted by molar-refractivity contribution is 7.15. The summed E-state index contributed by atoms with van der Waals surface area (Å²) in [6.45, 7) is 2.39. The maximum absolute atomic E-state index is 13.4. The number of aromatic nitrogens is 1. The first-order chi connectivity index (χ1) is 12.1. The number of carbonyl (C=O) groups excluding carboxylic acids is 1. The molecule has 2 heterocycles. The number of likely N-dealkylation sites (tertiary alicyclic amines) is 1. The molecule has 2 aromatic rings. The van der Waals surface area contributed by atoms with Crippen LogP contribution in [0.15, 0.2) is 24.3 Å². The van der Waals surface area contributed by atoms with E-state index in [1.807, 2.05) is 11.8 Å². The molecule has 2 N–H and O–H groups in total. The molecule has 0 bridgehead atoms. The Morgan fingerprint density at radius 3 is 2.84 bits per heavy atom. The molecule has 0 unspecified atom stereocenters. The molecule has 4 rings (SSSR count). The van der Waals surface area contributed by atoms with Crippen molar-refractivity contribution >= 4 is 17.2 Å². The van der Waals surface area contributed by atoms with Crippen LogP contribution >= 0.6 is 11.3 Å². The van der Waals surface area contributed by atoms with Crippen molar-refractivity contribution in [3.8, 4) is 10.4 Å². The molecule has 1 aromatic heterocycles. The van der Waals surface area contributed by atoms with E-state index in [2.05, 4.69) is 4.98 Å². The molecule has 0 spiro atoms. The van der Waals surface area contributed by atoms with Gasteiger partial charge in [-0.2, -0.15) is 0 Å². The predicted molar refractivity (Wildman–Crippen MR) is 97.0 cm³/mol. The first-order valence-electron chi connectivity index (χ1n) is 8.84. The molecule has 3 atom stereocenters. The van der Waals surface area contributed by atoms with Crippen molar-refractivity contribution in [1.29, 1.82) is 0 Å². The fourth-order valence-corrected chi connectivity index (χ4v) is 5.33. The van der Waals surface area contributed by atoms with Gasteiger partial charge in [-0.15, -0.1) is 11.3 Å². The molecule has 1 saturated carbocycles. The van der Waals surface area contributed by atoms with Gasteiger partial charge in [-0.1, -0.05) is 18.6 Å². The summed E-state index contributed by atoms with van der Waals surface area (Å²) in [5.74, 6) is 0.273. The average molecular weight is 359 g/mol. The SMILES string of the molecule is Cc1nc(C(=O)N2[C@H](CN)C[C@@H]3CCC[C@@H]32)c(-c2ccc(F)cc2)s1. The predicted octanol–water partition coefficient (Wildman–Crippen LogP) is 3.60. The van der Waals surface area contributed by atoms with Gasteiger partial charge in [0.25, 0.3) is 5.91 Å². The average Bonchev–Trinajstić information content (AvgIpc) is 3.28. The number of nitrogens with zero attached hydrogens (tertiary/aromatic N) is 2. The van der Waals surface area contributed by atoms with E-state index in [0.29, 0.717) is 24.2 Å². The van der Waals surface area contributed by atoms with Crippen molar-refractivity contribution < 1.29 is 9.18 Å². The van der Waals surface area contributed by atoms with Crippen LogP contribution in [0.1, 0.15) is 41.2 Å². The molecule has 1 amide bonds. The molecular formula is C19H22FN3OS. The minimum atomic E-state index is -0.283. The standard InChI is InChI=1S/C19H22FN3OS/c1-11-22-17(18(25-11)12-5-7-14(20)8-6-12)19(24)23-15(10-21)9-13-3-2-4-16(13)23/h5-8,13,15-16H,2-4,9-10,21H2,1H3/t13-,15-,16-/m0/s1. The molecule has 1 saturated heterocycles. The fraction of sp³-hybridized carbons (Fsp3) is 0.474. The third kappa shape index (κ3) is 2.87. The number of amides is 1. The third-order valence-corrected chi connectivity index (χ3v) is 6.51. The van der Waals surface area contributed by atoms with Crippen molar-refractivity contribution in [1.82, 2.24) is 9.88 Å². The van der Waals surface area contributed by atoms with Crippen molar-refractivity contribution in [3.05, 3.63) is 40.8 Å². The largest absolute Gasteiger partial charge is 0.330 e. The van der Waals surface area contributed by atoms with Gasteiger partial charge in [0.1, 0.15) is 11.5 Å². The first-order valence-corrected chi connectivity index (χ1v) is 9.66. The lowest BCUT2D eigenvalue weighted by atomic mass is 10.0. The quantitative estimate of drug-likeness (QED) is 0.911. The highest BCUT2D eigenvalue weighted by Gasteiger charge is 2.46. The van der Waals surface area contributed by atoms with Crippen LogP contribution < -0.4 is 5.73 Å². The van der Waals surface area contributed by atoms with Crippen LogP contribution in [0.5, 0.6) is 0 Å². The fourth-order valence-electron chi connectivity index (χ4n) is 4.41. The van der Waals surface area contributed by atoms with Gasteiger partial charge in [-0.3, -0.25) is 4.79 Å². The lowest BCUT2D eigenvalue weighted by Crippen LogP contribution is -2.44. The summed E-state index contributed by atoms with van der Waals surface area (Å²) in [5.41, 5.74) is 7.28. The summed E-state index contributed by atoms with van der Waals surface area (Å²) in [7, 11) is 0. The topological polar surface area (TPSA) is 59.2 Å². The van der Waals surface area contributed by atoms with Crippen LogP contribution in [0.2, 0.25) is 0 Å². The van der Waals surface area contributed by atoms with Crippen molar-refractivity contribution in [2.45, 2.75) is 44.7 Å². The lowest BCUT2D eigenvalue weighted by Gasteiger charge is -2.29. The van der Waals surface area contributed by atoms with Gasteiger partial charge in [0.05, 0.1) is 9.88 Å². The van der Waals surface area contributed by atoms with Gasteiger partial charge in [0.2, 0.25) is 0 Å². The second-order valence-corrected chi connectivity index (χ2v) is 8.22. The van der Waals surface area contributed by atoms with Crippen LogP contribution in [0.25, 0.3) is 10.4 Å². The summed E-state index contributed by atoms with van der Waals surface area (Å²) in [6, 6.07) is 6.66. The Morgan fingerprint density at radius 1 is 1.36 bits per heavy atom. The van der Waals surface area contributed by atoms with E-state index < -0.39 is 0 Å². The number of thiazole rings is 1. The number of hydrogen-bond acceptors (Lipinski definition) is 4. The molecule has 1 aliphatic heterocycles. The molecular weight excluding hydrogens is 337 g/mol. The molecule has 2 fully saturated rings. The Morgan fingerprint density at radius 2 is 2.12 bits per heavy atom. The molecule has 1 aromatic carbocycles. The van der Waals surface area contributed by atoms with Crippen molar-refractivity contribution in [2.24, 2.45) is 11.7 Å². The zero-order chi connectivity index (χ0) is 17.6. The Labute approximate surface area is 150 Å². The normalized spacial score (nSPS) is 25.4. The van der Waals surface area contributed by atoms with E-state index in [9.17, 15) is 9.18 Å². The van der Waals surface area contributed by atoms with Crippen LogP contribution in [-0.4, -0.2) is 34.4 Å². The molecule has 0 radical (unpaired) electrons. The highest BCUT2D eigenvalue weighted by Crippen LogP contribution is 2.42. The number of aryl methyl sites for hydroxylation is 1. The van der Waals surface area contributed by atoms with E-state index in [4.69, 9.17) is 5.73 Å². The number of nitrogens with two attached hydrogens (primary N) is 1. The first kappa shape index (κ1) is 16.7. The van der Waals surface area contributed by atoms with Gasteiger partial charge in [-0.05, 0) is 49.8 Å². The van der Waals surface area contributed by atoms with Gasteiger partial charge < -0.3 is 10.6 Å². The van der Waals surface area contributed by atoms with Gasteiger partial charge in [-0.25, -0.2) is 9.37 Å². The number of benzene rings is 1. The van der Waals surface area contributed by atoms with Gasteiger partial charge >= 0.3 is 0 Å². The van der Waals surface area contributed by atoms with Crippen LogP contribution in [-0.2, 0) is 0 Å². The van der Waals surface area contributed by atoms with E-state index in [1.165, 1.54) is 36.3 Å². The Bertz CT molecular complexity index is 788. The van der Waals surface area contributed by atoms with Crippen LogP contribution in [0.4, 0.5) is 4.39 Å². The summed E-state index contributed by atoms with van der Waals surface area (Å²) >= 11 is 1.48. The molecule has 1 aliphatic carbocycles. The number of halogens is 1. The van der Waals surface area contributed by atoms with Gasteiger partial charge in [0.15, 0.2) is 0 Å².